The highest BCUT2D eigenvalue weighted by Gasteiger charge is 1.97. The molecule has 0 aliphatic heterocycles. The molecule has 3 heteroatoms. The molecule has 0 spiro atoms. The molecular weight excluding hydrogens is 171 g/mol. The molecule has 0 aliphatic carbocycles. The molecule has 0 fully saturated rings. The second-order valence-corrected chi connectivity index (χ2v) is 5.25. The van der Waals surface area contributed by atoms with Gasteiger partial charge in [0, 0.05) is 6.61 Å². The van der Waals surface area contributed by atoms with Gasteiger partial charge in [0.1, 0.15) is 0 Å². The first-order chi connectivity index (χ1) is 5.81. The van der Waals surface area contributed by atoms with Crippen LogP contribution in [0.5, 0.6) is 0 Å². The van der Waals surface area contributed by atoms with E-state index in [0.29, 0.717) is 0 Å². The fourth-order valence-electron chi connectivity index (χ4n) is 1.11. The van der Waals surface area contributed by atoms with Crippen LogP contribution >= 0.6 is 7.80 Å². The van der Waals surface area contributed by atoms with Crippen molar-refractivity contribution in [1.29, 1.82) is 0 Å². The standard InChI is InChI=1S/C9H21O2P/c1-2-3-8-12(11)9-6-4-5-7-10/h10,12H,2-9H2,1H3. The van der Waals surface area contributed by atoms with Crippen LogP contribution in [0, 0.1) is 0 Å². The summed E-state index contributed by atoms with van der Waals surface area (Å²) in [6.45, 7) is 2.40. The number of rotatable bonds is 8. The first kappa shape index (κ1) is 12.2. The van der Waals surface area contributed by atoms with Crippen molar-refractivity contribution in [2.24, 2.45) is 0 Å². The Morgan fingerprint density at radius 1 is 1.08 bits per heavy atom. The maximum atomic E-state index is 11.3. The van der Waals surface area contributed by atoms with Gasteiger partial charge in [0.05, 0.1) is 7.80 Å². The maximum absolute atomic E-state index is 11.3. The molecule has 0 rings (SSSR count). The summed E-state index contributed by atoms with van der Waals surface area (Å²) in [5, 5.41) is 8.50. The molecule has 0 saturated heterocycles. The quantitative estimate of drug-likeness (QED) is 0.474. The van der Waals surface area contributed by atoms with Gasteiger partial charge in [-0.05, 0) is 31.6 Å². The lowest BCUT2D eigenvalue weighted by Crippen LogP contribution is -1.87. The normalized spacial score (nSPS) is 13.2. The third-order valence-electron chi connectivity index (χ3n) is 1.92. The van der Waals surface area contributed by atoms with Crippen LogP contribution in [0.4, 0.5) is 0 Å². The molecule has 0 aromatic rings. The summed E-state index contributed by atoms with van der Waals surface area (Å²) in [5.74, 6) is 0. The molecule has 1 unspecified atom stereocenters. The molecule has 12 heavy (non-hydrogen) atoms. The van der Waals surface area contributed by atoms with Gasteiger partial charge < -0.3 is 9.67 Å². The summed E-state index contributed by atoms with van der Waals surface area (Å²) in [5.41, 5.74) is 0. The Morgan fingerprint density at radius 3 is 2.33 bits per heavy atom. The van der Waals surface area contributed by atoms with Crippen molar-refractivity contribution in [3.05, 3.63) is 0 Å². The number of aliphatic hydroxyl groups excluding tert-OH is 1. The zero-order valence-electron chi connectivity index (χ0n) is 8.01. The van der Waals surface area contributed by atoms with Crippen molar-refractivity contribution in [1.82, 2.24) is 0 Å². The molecule has 0 bridgehead atoms. The van der Waals surface area contributed by atoms with E-state index in [4.69, 9.17) is 5.11 Å². The number of hydrogen-bond donors (Lipinski definition) is 1. The Bertz CT molecular complexity index is 115. The largest absolute Gasteiger partial charge is 0.396 e. The molecule has 74 valence electrons. The van der Waals surface area contributed by atoms with Gasteiger partial charge in [-0.25, -0.2) is 0 Å². The number of hydrogen-bond acceptors (Lipinski definition) is 2. The predicted molar refractivity (Wildman–Crippen MR) is 54.6 cm³/mol. The van der Waals surface area contributed by atoms with E-state index in [2.05, 4.69) is 6.92 Å². The van der Waals surface area contributed by atoms with E-state index in [1.807, 2.05) is 0 Å². The monoisotopic (exact) mass is 192 g/mol. The van der Waals surface area contributed by atoms with E-state index in [1.165, 1.54) is 0 Å². The maximum Gasteiger partial charge on any atom is 0.0762 e. The van der Waals surface area contributed by atoms with Crippen LogP contribution in [0.1, 0.15) is 39.0 Å². The summed E-state index contributed by atoms with van der Waals surface area (Å²) in [6, 6.07) is 0. The van der Waals surface area contributed by atoms with Crippen molar-refractivity contribution < 1.29 is 9.67 Å². The van der Waals surface area contributed by atoms with Crippen LogP contribution in [-0.4, -0.2) is 24.0 Å². The van der Waals surface area contributed by atoms with E-state index in [1.54, 1.807) is 0 Å². The zero-order chi connectivity index (χ0) is 9.23. The van der Waals surface area contributed by atoms with Crippen LogP contribution in [0.25, 0.3) is 0 Å². The molecular formula is C9H21O2P. The molecule has 1 atom stereocenters. The summed E-state index contributed by atoms with van der Waals surface area (Å²) < 4.78 is 11.3. The average Bonchev–Trinajstić information content (AvgIpc) is 2.09. The van der Waals surface area contributed by atoms with E-state index in [-0.39, 0.29) is 6.61 Å². The fourth-order valence-corrected chi connectivity index (χ4v) is 2.75. The third-order valence-corrected chi connectivity index (χ3v) is 3.75. The first-order valence-electron chi connectivity index (χ1n) is 4.93. The summed E-state index contributed by atoms with van der Waals surface area (Å²) >= 11 is 0. The molecule has 0 heterocycles. The lowest BCUT2D eigenvalue weighted by Gasteiger charge is -2.00. The number of unbranched alkanes of at least 4 members (excludes halogenated alkanes) is 3. The molecule has 0 saturated carbocycles. The van der Waals surface area contributed by atoms with E-state index in [9.17, 15) is 4.57 Å². The molecule has 0 aromatic carbocycles. The van der Waals surface area contributed by atoms with E-state index < -0.39 is 7.80 Å². The number of aliphatic hydroxyl groups is 1. The van der Waals surface area contributed by atoms with Gasteiger partial charge >= 0.3 is 0 Å². The van der Waals surface area contributed by atoms with Gasteiger partial charge in [0.15, 0.2) is 0 Å². The van der Waals surface area contributed by atoms with Crippen LogP contribution in [0.2, 0.25) is 0 Å². The van der Waals surface area contributed by atoms with Crippen molar-refractivity contribution in [3.8, 4) is 0 Å². The van der Waals surface area contributed by atoms with Crippen molar-refractivity contribution in [3.63, 3.8) is 0 Å². The SMILES string of the molecule is CCCC[PH](=O)CCCCCO. The van der Waals surface area contributed by atoms with Crippen LogP contribution < -0.4 is 0 Å². The van der Waals surface area contributed by atoms with Gasteiger partial charge in [-0.2, -0.15) is 0 Å². The van der Waals surface area contributed by atoms with E-state index >= 15 is 0 Å². The molecule has 0 aliphatic rings. The van der Waals surface area contributed by atoms with Crippen molar-refractivity contribution >= 4 is 7.80 Å². The lowest BCUT2D eigenvalue weighted by molar-refractivity contribution is 0.284. The molecule has 2 nitrogen and oxygen atoms in total. The van der Waals surface area contributed by atoms with Crippen molar-refractivity contribution in [2.75, 3.05) is 18.9 Å². The Morgan fingerprint density at radius 2 is 1.75 bits per heavy atom. The Balaban J connectivity index is 3.08. The fraction of sp³-hybridized carbons (Fsp3) is 1.00. The van der Waals surface area contributed by atoms with Gasteiger partial charge in [-0.3, -0.25) is 0 Å². The third kappa shape index (κ3) is 8.29. The second-order valence-electron chi connectivity index (χ2n) is 3.18. The highest BCUT2D eigenvalue weighted by molar-refractivity contribution is 7.44. The highest BCUT2D eigenvalue weighted by Crippen LogP contribution is 2.23. The topological polar surface area (TPSA) is 37.3 Å². The summed E-state index contributed by atoms with van der Waals surface area (Å²) in [6.07, 6.45) is 7.00. The molecule has 0 aromatic heterocycles. The van der Waals surface area contributed by atoms with Gasteiger partial charge in [-0.15, -0.1) is 0 Å². The van der Waals surface area contributed by atoms with Gasteiger partial charge in [0.25, 0.3) is 0 Å². The zero-order valence-corrected chi connectivity index (χ0v) is 9.01. The summed E-state index contributed by atoms with van der Waals surface area (Å²) in [4.78, 5) is 0. The minimum Gasteiger partial charge on any atom is -0.396 e. The second kappa shape index (κ2) is 9.28. The molecule has 1 N–H and O–H groups in total. The van der Waals surface area contributed by atoms with Crippen molar-refractivity contribution in [2.45, 2.75) is 39.0 Å². The minimum absolute atomic E-state index is 0.274. The Hall–Kier alpha value is 0.190. The first-order valence-corrected chi connectivity index (χ1v) is 6.76. The minimum atomic E-state index is -1.26. The highest BCUT2D eigenvalue weighted by atomic mass is 31.1. The Labute approximate surface area is 76.2 Å². The Kier molecular flexibility index (Phi) is 9.43. The average molecular weight is 192 g/mol. The summed E-state index contributed by atoms with van der Waals surface area (Å²) in [7, 11) is -1.26. The molecule has 0 radical (unpaired) electrons. The predicted octanol–water partition coefficient (Wildman–Crippen LogP) is 2.51. The lowest BCUT2D eigenvalue weighted by atomic mass is 10.3. The van der Waals surface area contributed by atoms with Crippen LogP contribution in [0.15, 0.2) is 0 Å². The van der Waals surface area contributed by atoms with Crippen LogP contribution in [-0.2, 0) is 4.57 Å². The molecule has 0 amide bonds. The van der Waals surface area contributed by atoms with Crippen LogP contribution in [0.3, 0.4) is 0 Å². The van der Waals surface area contributed by atoms with E-state index in [0.717, 1.165) is 44.4 Å². The smallest absolute Gasteiger partial charge is 0.0762 e. The van der Waals surface area contributed by atoms with Gasteiger partial charge in [0.2, 0.25) is 0 Å². The van der Waals surface area contributed by atoms with Gasteiger partial charge in [-0.1, -0.05) is 19.8 Å².